The molecule has 3 aromatic rings. The lowest BCUT2D eigenvalue weighted by Gasteiger charge is -2.04. The molecule has 0 atom stereocenters. The van der Waals surface area contributed by atoms with Crippen molar-refractivity contribution in [2.45, 2.75) is 11.6 Å². The molecule has 0 aliphatic rings. The Kier molecular flexibility index (Phi) is 5.44. The molecule has 1 N–H and O–H groups in total. The Hall–Kier alpha value is -1.97. The van der Waals surface area contributed by atoms with Crippen molar-refractivity contribution in [1.82, 2.24) is 20.1 Å². The fourth-order valence-electron chi connectivity index (χ4n) is 1.96. The van der Waals surface area contributed by atoms with E-state index in [-0.39, 0.29) is 17.6 Å². The van der Waals surface area contributed by atoms with E-state index in [1.54, 1.807) is 28.8 Å². The Labute approximate surface area is 150 Å². The van der Waals surface area contributed by atoms with Crippen LogP contribution in [0.3, 0.4) is 0 Å². The number of aromatic nitrogens is 3. The van der Waals surface area contributed by atoms with Crippen molar-refractivity contribution in [2.24, 2.45) is 7.05 Å². The molecule has 0 aromatic carbocycles. The summed E-state index contributed by atoms with van der Waals surface area (Å²) in [5.74, 6) is 0.241. The van der Waals surface area contributed by atoms with Gasteiger partial charge in [-0.2, -0.15) is 0 Å². The molecule has 2 amide bonds. The van der Waals surface area contributed by atoms with Crippen LogP contribution in [0.15, 0.2) is 40.2 Å². The van der Waals surface area contributed by atoms with Gasteiger partial charge < -0.3 is 4.57 Å². The minimum absolute atomic E-state index is 0.113. The van der Waals surface area contributed by atoms with E-state index in [2.05, 4.69) is 21.6 Å². The van der Waals surface area contributed by atoms with Gasteiger partial charge in [-0.15, -0.1) is 32.9 Å². The lowest BCUT2D eigenvalue weighted by molar-refractivity contribution is -0.117. The minimum atomic E-state index is -0.369. The Bertz CT molecular complexity index is 825. The van der Waals surface area contributed by atoms with E-state index in [0.29, 0.717) is 16.5 Å². The molecule has 3 heterocycles. The zero-order chi connectivity index (χ0) is 16.9. The van der Waals surface area contributed by atoms with Crippen LogP contribution in [-0.2, 0) is 18.3 Å². The fraction of sp³-hybridized carbons (Fsp3) is 0.200. The molecular formula is C15H14N4O2S3. The second-order valence-electron chi connectivity index (χ2n) is 4.86. The van der Waals surface area contributed by atoms with Gasteiger partial charge in [-0.05, 0) is 22.9 Å². The standard InChI is InChI=1S/C15H14N4O2S3/c1-19-12(8-10-4-2-6-22-10)17-18-15(19)24-9-13(20)16-14(21)11-5-3-7-23-11/h2-7H,8-9H2,1H3,(H,16,20,21). The van der Waals surface area contributed by atoms with Gasteiger partial charge in [0.1, 0.15) is 5.82 Å². The monoisotopic (exact) mass is 378 g/mol. The van der Waals surface area contributed by atoms with Crippen LogP contribution in [0.25, 0.3) is 0 Å². The van der Waals surface area contributed by atoms with Crippen LogP contribution in [0.5, 0.6) is 0 Å². The van der Waals surface area contributed by atoms with Crippen molar-refractivity contribution in [2.75, 3.05) is 5.75 Å². The first kappa shape index (κ1) is 16.9. The SMILES string of the molecule is Cn1c(Cc2cccs2)nnc1SCC(=O)NC(=O)c1cccs1. The van der Waals surface area contributed by atoms with Crippen molar-refractivity contribution in [1.29, 1.82) is 0 Å². The molecule has 0 fully saturated rings. The van der Waals surface area contributed by atoms with Crippen LogP contribution in [0.4, 0.5) is 0 Å². The van der Waals surface area contributed by atoms with Gasteiger partial charge >= 0.3 is 0 Å². The number of thioether (sulfide) groups is 1. The molecule has 0 aliphatic carbocycles. The average Bonchev–Trinajstić information content (AvgIpc) is 3.30. The topological polar surface area (TPSA) is 76.9 Å². The molecular weight excluding hydrogens is 364 g/mol. The van der Waals surface area contributed by atoms with Crippen LogP contribution in [0.2, 0.25) is 0 Å². The molecule has 24 heavy (non-hydrogen) atoms. The van der Waals surface area contributed by atoms with Gasteiger partial charge in [-0.3, -0.25) is 14.9 Å². The van der Waals surface area contributed by atoms with Crippen molar-refractivity contribution >= 4 is 46.2 Å². The van der Waals surface area contributed by atoms with Gasteiger partial charge in [0.15, 0.2) is 5.16 Å². The Morgan fingerprint density at radius 3 is 2.71 bits per heavy atom. The summed E-state index contributed by atoms with van der Waals surface area (Å²) in [6.07, 6.45) is 0.713. The van der Waals surface area contributed by atoms with E-state index in [4.69, 9.17) is 0 Å². The number of nitrogens with one attached hydrogen (secondary N) is 1. The van der Waals surface area contributed by atoms with Crippen LogP contribution in [-0.4, -0.2) is 32.3 Å². The smallest absolute Gasteiger partial charge is 0.267 e. The number of amides is 2. The van der Waals surface area contributed by atoms with Crippen LogP contribution in [0, 0.1) is 0 Å². The molecule has 3 aromatic heterocycles. The molecule has 9 heteroatoms. The maximum atomic E-state index is 11.9. The highest BCUT2D eigenvalue weighted by Gasteiger charge is 2.15. The maximum absolute atomic E-state index is 11.9. The number of rotatable bonds is 6. The first-order valence-corrected chi connectivity index (χ1v) is 9.79. The molecule has 0 radical (unpaired) electrons. The summed E-state index contributed by atoms with van der Waals surface area (Å²) in [6.45, 7) is 0. The Balaban J connectivity index is 1.54. The number of hydrogen-bond donors (Lipinski definition) is 1. The molecule has 0 aliphatic heterocycles. The first-order valence-electron chi connectivity index (χ1n) is 7.04. The van der Waals surface area contributed by atoms with Gasteiger partial charge in [0.2, 0.25) is 5.91 Å². The van der Waals surface area contributed by atoms with Crippen LogP contribution < -0.4 is 5.32 Å². The molecule has 0 bridgehead atoms. The molecule has 0 saturated heterocycles. The highest BCUT2D eigenvalue weighted by Crippen LogP contribution is 2.19. The Morgan fingerprint density at radius 2 is 2.00 bits per heavy atom. The summed E-state index contributed by atoms with van der Waals surface area (Å²) in [7, 11) is 1.87. The van der Waals surface area contributed by atoms with E-state index in [1.807, 2.05) is 23.1 Å². The molecule has 0 saturated carbocycles. The predicted octanol–water partition coefficient (Wildman–Crippen LogP) is 2.58. The number of thiophene rings is 2. The maximum Gasteiger partial charge on any atom is 0.267 e. The van der Waals surface area contributed by atoms with Gasteiger partial charge in [-0.25, -0.2) is 0 Å². The summed E-state index contributed by atoms with van der Waals surface area (Å²) in [5.41, 5.74) is 0. The summed E-state index contributed by atoms with van der Waals surface area (Å²) in [4.78, 5) is 25.4. The number of carbonyl (C=O) groups excluding carboxylic acids is 2. The van der Waals surface area contributed by atoms with Crippen molar-refractivity contribution in [3.63, 3.8) is 0 Å². The zero-order valence-electron chi connectivity index (χ0n) is 12.8. The van der Waals surface area contributed by atoms with Crippen LogP contribution in [0.1, 0.15) is 20.4 Å². The summed E-state index contributed by atoms with van der Waals surface area (Å²) < 4.78 is 1.87. The highest BCUT2D eigenvalue weighted by molar-refractivity contribution is 7.99. The molecule has 6 nitrogen and oxygen atoms in total. The Morgan fingerprint density at radius 1 is 1.21 bits per heavy atom. The largest absolute Gasteiger partial charge is 0.309 e. The van der Waals surface area contributed by atoms with Crippen molar-refractivity contribution in [3.05, 3.63) is 50.6 Å². The normalized spacial score (nSPS) is 10.7. The van der Waals surface area contributed by atoms with Gasteiger partial charge in [0.05, 0.1) is 10.6 Å². The number of carbonyl (C=O) groups is 2. The second kappa shape index (κ2) is 7.73. The van der Waals surface area contributed by atoms with E-state index < -0.39 is 0 Å². The average molecular weight is 379 g/mol. The van der Waals surface area contributed by atoms with Gasteiger partial charge in [0.25, 0.3) is 5.91 Å². The first-order chi connectivity index (χ1) is 11.6. The summed E-state index contributed by atoms with van der Waals surface area (Å²) >= 11 is 4.23. The van der Waals surface area contributed by atoms with Crippen LogP contribution >= 0.6 is 34.4 Å². The van der Waals surface area contributed by atoms with E-state index in [0.717, 1.165) is 5.82 Å². The molecule has 0 unspecified atom stereocenters. The van der Waals surface area contributed by atoms with E-state index >= 15 is 0 Å². The van der Waals surface area contributed by atoms with E-state index in [1.165, 1.54) is 28.0 Å². The molecule has 0 spiro atoms. The van der Waals surface area contributed by atoms with E-state index in [9.17, 15) is 9.59 Å². The lowest BCUT2D eigenvalue weighted by atomic mass is 10.3. The van der Waals surface area contributed by atoms with Crippen molar-refractivity contribution in [3.8, 4) is 0 Å². The fourth-order valence-corrected chi connectivity index (χ4v) is 4.01. The van der Waals surface area contributed by atoms with Crippen molar-refractivity contribution < 1.29 is 9.59 Å². The number of hydrogen-bond acceptors (Lipinski definition) is 7. The third-order valence-electron chi connectivity index (χ3n) is 3.17. The summed E-state index contributed by atoms with van der Waals surface area (Å²) in [5, 5.41) is 15.1. The highest BCUT2D eigenvalue weighted by atomic mass is 32.2. The van der Waals surface area contributed by atoms with Gasteiger partial charge in [0, 0.05) is 18.3 Å². The minimum Gasteiger partial charge on any atom is -0.309 e. The van der Waals surface area contributed by atoms with Gasteiger partial charge in [-0.1, -0.05) is 23.9 Å². The third kappa shape index (κ3) is 4.11. The second-order valence-corrected chi connectivity index (χ2v) is 7.78. The quantitative estimate of drug-likeness (QED) is 0.667. The predicted molar refractivity (Wildman–Crippen MR) is 95.6 cm³/mol. The lowest BCUT2D eigenvalue weighted by Crippen LogP contribution is -2.31. The number of imide groups is 1. The number of nitrogens with zero attached hydrogens (tertiary/aromatic N) is 3. The third-order valence-corrected chi connectivity index (χ3v) is 5.93. The molecule has 3 rings (SSSR count). The summed E-state index contributed by atoms with van der Waals surface area (Å²) in [6, 6.07) is 7.50. The molecule has 124 valence electrons. The zero-order valence-corrected chi connectivity index (χ0v) is 15.2.